The molecule has 14 heavy (non-hydrogen) atoms. The molecular formula is C10H17NO3. The Morgan fingerprint density at radius 3 is 2.86 bits per heavy atom. The highest BCUT2D eigenvalue weighted by molar-refractivity contribution is 5.75. The highest BCUT2D eigenvalue weighted by atomic mass is 16.6. The number of allylic oxidation sites excluding steroid dienone is 1. The molecule has 0 heterocycles. The van der Waals surface area contributed by atoms with Crippen LogP contribution >= 0.6 is 0 Å². The summed E-state index contributed by atoms with van der Waals surface area (Å²) in [4.78, 5) is 15.8. The number of carbonyl (C=O) groups is 1. The van der Waals surface area contributed by atoms with Crippen LogP contribution in [0.3, 0.4) is 0 Å². The number of hydrogen-bond donors (Lipinski definition) is 2. The fourth-order valence-corrected chi connectivity index (χ4v) is 0.746. The van der Waals surface area contributed by atoms with Crippen LogP contribution in [0.5, 0.6) is 0 Å². The van der Waals surface area contributed by atoms with E-state index >= 15 is 0 Å². The van der Waals surface area contributed by atoms with Gasteiger partial charge in [0, 0.05) is 0 Å². The third-order valence-corrected chi connectivity index (χ3v) is 1.51. The van der Waals surface area contributed by atoms with Gasteiger partial charge in [-0.25, -0.2) is 5.48 Å². The standard InChI is InChI=1S/C10H17NO3/c1-3-5-6-7-14-11-10(13)8-9(12)4-2/h3-4,9,12H,1-2,5-8H2,(H,11,13)/t9-/m0/s1. The van der Waals surface area contributed by atoms with Crippen molar-refractivity contribution in [1.29, 1.82) is 0 Å². The number of nitrogens with one attached hydrogen (secondary N) is 1. The van der Waals surface area contributed by atoms with Crippen molar-refractivity contribution in [3.8, 4) is 0 Å². The maximum Gasteiger partial charge on any atom is 0.246 e. The van der Waals surface area contributed by atoms with Crippen LogP contribution in [0.4, 0.5) is 0 Å². The van der Waals surface area contributed by atoms with E-state index in [1.807, 2.05) is 0 Å². The summed E-state index contributed by atoms with van der Waals surface area (Å²) in [6.45, 7) is 7.36. The predicted molar refractivity (Wildman–Crippen MR) is 54.3 cm³/mol. The lowest BCUT2D eigenvalue weighted by molar-refractivity contribution is -0.135. The van der Waals surface area contributed by atoms with Gasteiger partial charge in [0.2, 0.25) is 5.91 Å². The third kappa shape index (κ3) is 7.52. The molecule has 2 N–H and O–H groups in total. The highest BCUT2D eigenvalue weighted by Gasteiger charge is 2.06. The smallest absolute Gasteiger partial charge is 0.246 e. The number of unbranched alkanes of at least 4 members (excludes halogenated alkanes) is 1. The van der Waals surface area contributed by atoms with Crippen LogP contribution in [0.15, 0.2) is 25.3 Å². The van der Waals surface area contributed by atoms with Gasteiger partial charge in [-0.2, -0.15) is 0 Å². The van der Waals surface area contributed by atoms with Gasteiger partial charge in [-0.1, -0.05) is 12.2 Å². The highest BCUT2D eigenvalue weighted by Crippen LogP contribution is 1.92. The molecule has 0 saturated heterocycles. The molecule has 0 aliphatic heterocycles. The topological polar surface area (TPSA) is 58.6 Å². The second kappa shape index (κ2) is 8.47. The molecule has 0 aliphatic carbocycles. The first-order valence-electron chi connectivity index (χ1n) is 4.53. The summed E-state index contributed by atoms with van der Waals surface area (Å²) < 4.78 is 0. The fourth-order valence-electron chi connectivity index (χ4n) is 0.746. The van der Waals surface area contributed by atoms with Gasteiger partial charge in [0.15, 0.2) is 0 Å². The van der Waals surface area contributed by atoms with Gasteiger partial charge < -0.3 is 5.11 Å². The molecule has 80 valence electrons. The molecule has 0 radical (unpaired) electrons. The molecule has 0 unspecified atom stereocenters. The minimum absolute atomic E-state index is 0.0229. The Morgan fingerprint density at radius 1 is 1.57 bits per heavy atom. The first-order valence-corrected chi connectivity index (χ1v) is 4.53. The molecule has 0 rings (SSSR count). The molecule has 1 amide bonds. The summed E-state index contributed by atoms with van der Waals surface area (Å²) in [5.74, 6) is -0.351. The van der Waals surface area contributed by atoms with Crippen molar-refractivity contribution in [2.24, 2.45) is 0 Å². The van der Waals surface area contributed by atoms with Crippen molar-refractivity contribution < 1.29 is 14.7 Å². The number of amides is 1. The second-order valence-electron chi connectivity index (χ2n) is 2.81. The molecular weight excluding hydrogens is 182 g/mol. The molecule has 1 atom stereocenters. The zero-order chi connectivity index (χ0) is 10.8. The summed E-state index contributed by atoms with van der Waals surface area (Å²) in [5, 5.41) is 9.02. The van der Waals surface area contributed by atoms with Gasteiger partial charge >= 0.3 is 0 Å². The number of hydrogen-bond acceptors (Lipinski definition) is 3. The first-order chi connectivity index (χ1) is 6.70. The van der Waals surface area contributed by atoms with Crippen LogP contribution < -0.4 is 5.48 Å². The van der Waals surface area contributed by atoms with E-state index in [0.29, 0.717) is 6.61 Å². The lowest BCUT2D eigenvalue weighted by atomic mass is 10.2. The largest absolute Gasteiger partial charge is 0.389 e. The molecule has 0 aliphatic rings. The zero-order valence-electron chi connectivity index (χ0n) is 8.24. The quantitative estimate of drug-likeness (QED) is 0.347. The van der Waals surface area contributed by atoms with E-state index in [-0.39, 0.29) is 12.3 Å². The van der Waals surface area contributed by atoms with E-state index in [1.54, 1.807) is 6.08 Å². The van der Waals surface area contributed by atoms with Crippen LogP contribution in [-0.4, -0.2) is 23.7 Å². The summed E-state index contributed by atoms with van der Waals surface area (Å²) in [6, 6.07) is 0. The summed E-state index contributed by atoms with van der Waals surface area (Å²) >= 11 is 0. The Kier molecular flexibility index (Phi) is 7.78. The zero-order valence-corrected chi connectivity index (χ0v) is 8.24. The maximum absolute atomic E-state index is 11.0. The molecule has 4 nitrogen and oxygen atoms in total. The van der Waals surface area contributed by atoms with Crippen LogP contribution in [0.25, 0.3) is 0 Å². The van der Waals surface area contributed by atoms with Gasteiger partial charge in [0.05, 0.1) is 19.1 Å². The molecule has 0 aromatic heterocycles. The number of carbonyl (C=O) groups excluding carboxylic acids is 1. The van der Waals surface area contributed by atoms with E-state index in [2.05, 4.69) is 18.6 Å². The summed E-state index contributed by atoms with van der Waals surface area (Å²) in [5.41, 5.74) is 2.23. The van der Waals surface area contributed by atoms with Gasteiger partial charge in [-0.15, -0.1) is 13.2 Å². The summed E-state index contributed by atoms with van der Waals surface area (Å²) in [7, 11) is 0. The van der Waals surface area contributed by atoms with Gasteiger partial charge in [-0.3, -0.25) is 9.63 Å². The van der Waals surface area contributed by atoms with Crippen LogP contribution in [0, 0.1) is 0 Å². The molecule has 0 bridgehead atoms. The maximum atomic E-state index is 11.0. The normalized spacial score (nSPS) is 11.8. The van der Waals surface area contributed by atoms with E-state index in [1.165, 1.54) is 6.08 Å². The average molecular weight is 199 g/mol. The van der Waals surface area contributed by atoms with Crippen LogP contribution in [0.1, 0.15) is 19.3 Å². The van der Waals surface area contributed by atoms with Crippen molar-refractivity contribution >= 4 is 5.91 Å². The van der Waals surface area contributed by atoms with E-state index < -0.39 is 6.10 Å². The number of rotatable bonds is 8. The SMILES string of the molecule is C=CCCCONC(=O)C[C@@H](O)C=C. The molecule has 0 aromatic rings. The monoisotopic (exact) mass is 199 g/mol. The molecule has 0 fully saturated rings. The van der Waals surface area contributed by atoms with Gasteiger partial charge in [-0.05, 0) is 12.8 Å². The van der Waals surface area contributed by atoms with Gasteiger partial charge in [0.1, 0.15) is 0 Å². The second-order valence-corrected chi connectivity index (χ2v) is 2.81. The Hall–Kier alpha value is -1.13. The Morgan fingerprint density at radius 2 is 2.29 bits per heavy atom. The van der Waals surface area contributed by atoms with Crippen molar-refractivity contribution in [2.45, 2.75) is 25.4 Å². The van der Waals surface area contributed by atoms with Crippen molar-refractivity contribution in [1.82, 2.24) is 5.48 Å². The van der Waals surface area contributed by atoms with Crippen molar-refractivity contribution in [3.05, 3.63) is 25.3 Å². The van der Waals surface area contributed by atoms with Crippen molar-refractivity contribution in [3.63, 3.8) is 0 Å². The number of aliphatic hydroxyl groups is 1. The minimum Gasteiger partial charge on any atom is -0.389 e. The molecule has 0 aromatic carbocycles. The van der Waals surface area contributed by atoms with E-state index in [0.717, 1.165) is 12.8 Å². The molecule has 0 spiro atoms. The van der Waals surface area contributed by atoms with E-state index in [9.17, 15) is 4.79 Å². The fraction of sp³-hybridized carbons (Fsp3) is 0.500. The number of hydroxylamine groups is 1. The van der Waals surface area contributed by atoms with Crippen molar-refractivity contribution in [2.75, 3.05) is 6.61 Å². The first kappa shape index (κ1) is 12.9. The predicted octanol–water partition coefficient (Wildman–Crippen LogP) is 0.937. The Bertz CT molecular complexity index is 192. The lowest BCUT2D eigenvalue weighted by Crippen LogP contribution is -2.27. The minimum atomic E-state index is -0.813. The Labute approximate surface area is 84.2 Å². The summed E-state index contributed by atoms with van der Waals surface area (Å²) in [6.07, 6.45) is 3.92. The Balaban J connectivity index is 3.35. The average Bonchev–Trinajstić information content (AvgIpc) is 2.17. The van der Waals surface area contributed by atoms with Crippen LogP contribution in [0.2, 0.25) is 0 Å². The van der Waals surface area contributed by atoms with E-state index in [4.69, 9.17) is 9.94 Å². The van der Waals surface area contributed by atoms with Gasteiger partial charge in [0.25, 0.3) is 0 Å². The molecule has 0 saturated carbocycles. The third-order valence-electron chi connectivity index (χ3n) is 1.51. The molecule has 4 heteroatoms. The lowest BCUT2D eigenvalue weighted by Gasteiger charge is -2.06. The number of aliphatic hydroxyl groups excluding tert-OH is 1. The van der Waals surface area contributed by atoms with Crippen LogP contribution in [-0.2, 0) is 9.63 Å².